The molecule has 2 aliphatic rings. The molecule has 2 aromatic heterocycles. The first kappa shape index (κ1) is 31.8. The third-order valence-corrected chi connectivity index (χ3v) is 14.1. The molecule has 0 aliphatic carbocycles. The minimum Gasteiger partial charge on any atom is -0.329 e. The van der Waals surface area contributed by atoms with Crippen LogP contribution in [-0.2, 0) is 16.2 Å². The second kappa shape index (κ2) is 9.63. The molecule has 0 spiro atoms. The third-order valence-electron chi connectivity index (χ3n) is 14.1. The summed E-state index contributed by atoms with van der Waals surface area (Å²) in [5, 5.41) is 5.79. The summed E-state index contributed by atoms with van der Waals surface area (Å²) in [5.74, 6) is 0.702. The predicted octanol–water partition coefficient (Wildman–Crippen LogP) is 11.5. The summed E-state index contributed by atoms with van der Waals surface area (Å²) in [6.07, 6.45) is 0.876. The molecule has 0 saturated carbocycles. The highest BCUT2D eigenvalue weighted by molar-refractivity contribution is 6.27. The molecule has 0 N–H and O–H groups in total. The minimum absolute atomic E-state index is 0.267. The summed E-state index contributed by atoms with van der Waals surface area (Å²) >= 11 is 0. The van der Waals surface area contributed by atoms with Gasteiger partial charge in [0.05, 0.1) is 22.1 Å². The van der Waals surface area contributed by atoms with Crippen LogP contribution in [0.2, 0.25) is 0 Å². The highest BCUT2D eigenvalue weighted by Gasteiger charge is 2.50. The number of ether oxygens (including phenoxy) is 1. The van der Waals surface area contributed by atoms with E-state index in [1.807, 2.05) is 0 Å². The first-order chi connectivity index (χ1) is 21.4. The Morgan fingerprint density at radius 1 is 0.587 bits per heavy atom. The topological polar surface area (TPSA) is 22.3 Å². The van der Waals surface area contributed by atoms with Crippen LogP contribution >= 0.6 is 0 Å². The summed E-state index contributed by atoms with van der Waals surface area (Å²) in [4.78, 5) is 2.61. The summed E-state index contributed by atoms with van der Waals surface area (Å²) in [5.41, 5.74) is 18.6. The second-order valence-electron chi connectivity index (χ2n) is 16.1. The largest absolute Gasteiger partial charge is 0.329 e. The standard InChI is InChI=1S/C42H57N3O/c1-18-41(15)44-37-26(10)22(6)20(4)24(8)31(37)35-33-29(13)43(17)30(14)34(33)36-32-25(9)21(5)23(7)27(11)38(32)45(40(36)39(35)44)42(16,46-41)28(12)19(2)3/h19,28-30H,18H2,1-17H3. The van der Waals surface area contributed by atoms with Crippen LogP contribution in [0.5, 0.6) is 0 Å². The Bertz CT molecular complexity index is 2170. The molecule has 4 heteroatoms. The number of nitrogens with zero attached hydrogens (tertiary/aromatic N) is 3. The molecule has 0 amide bonds. The Labute approximate surface area is 277 Å². The van der Waals surface area contributed by atoms with E-state index in [2.05, 4.69) is 132 Å². The Hall–Kier alpha value is -2.82. The molecular formula is C42H57N3O. The normalized spacial score (nSPS) is 25.7. The van der Waals surface area contributed by atoms with Gasteiger partial charge in [-0.1, -0.05) is 27.7 Å². The van der Waals surface area contributed by atoms with Crippen molar-refractivity contribution in [3.8, 4) is 0 Å². The highest BCUT2D eigenvalue weighted by atomic mass is 16.6. The maximum absolute atomic E-state index is 7.91. The molecular weight excluding hydrogens is 562 g/mol. The van der Waals surface area contributed by atoms with Crippen molar-refractivity contribution in [2.24, 2.45) is 11.8 Å². The zero-order chi connectivity index (χ0) is 33.8. The zero-order valence-electron chi connectivity index (χ0n) is 31.8. The van der Waals surface area contributed by atoms with E-state index in [0.717, 1.165) is 6.42 Å². The van der Waals surface area contributed by atoms with E-state index < -0.39 is 11.4 Å². The van der Waals surface area contributed by atoms with Gasteiger partial charge in [-0.2, -0.15) is 0 Å². The van der Waals surface area contributed by atoms with E-state index in [1.165, 1.54) is 99.2 Å². The Morgan fingerprint density at radius 3 is 1.39 bits per heavy atom. The smallest absolute Gasteiger partial charge is 0.148 e. The molecule has 5 aromatic rings. The van der Waals surface area contributed by atoms with Crippen LogP contribution < -0.4 is 0 Å². The summed E-state index contributed by atoms with van der Waals surface area (Å²) in [6, 6.07) is 0.607. The average molecular weight is 620 g/mol. The van der Waals surface area contributed by atoms with Gasteiger partial charge in [-0.05, 0) is 158 Å². The molecule has 3 aromatic carbocycles. The Morgan fingerprint density at radius 2 is 0.978 bits per heavy atom. The van der Waals surface area contributed by atoms with Crippen LogP contribution in [0, 0.1) is 67.2 Å². The van der Waals surface area contributed by atoms with Crippen LogP contribution in [0.3, 0.4) is 0 Å². The lowest BCUT2D eigenvalue weighted by atomic mass is 9.86. The molecule has 0 fully saturated rings. The van der Waals surface area contributed by atoms with Crippen molar-refractivity contribution >= 4 is 43.6 Å². The third kappa shape index (κ3) is 3.38. The van der Waals surface area contributed by atoms with Crippen LogP contribution in [0.25, 0.3) is 43.6 Å². The summed E-state index contributed by atoms with van der Waals surface area (Å²) in [7, 11) is 2.34. The van der Waals surface area contributed by atoms with E-state index in [1.54, 1.807) is 0 Å². The van der Waals surface area contributed by atoms with Gasteiger partial charge in [0.15, 0.2) is 0 Å². The van der Waals surface area contributed by atoms with Crippen LogP contribution in [0.1, 0.15) is 130 Å². The maximum Gasteiger partial charge on any atom is 0.148 e. The maximum atomic E-state index is 7.91. The number of fused-ring (bicyclic) bond motifs is 9. The van der Waals surface area contributed by atoms with Gasteiger partial charge >= 0.3 is 0 Å². The zero-order valence-corrected chi connectivity index (χ0v) is 31.8. The monoisotopic (exact) mass is 619 g/mol. The van der Waals surface area contributed by atoms with Crippen LogP contribution in [0.15, 0.2) is 0 Å². The first-order valence-corrected chi connectivity index (χ1v) is 17.9. The van der Waals surface area contributed by atoms with Crippen molar-refractivity contribution in [3.05, 3.63) is 55.6 Å². The van der Waals surface area contributed by atoms with Crippen molar-refractivity contribution in [1.29, 1.82) is 0 Å². The molecule has 46 heavy (non-hydrogen) atoms. The van der Waals surface area contributed by atoms with Gasteiger partial charge in [-0.15, -0.1) is 0 Å². The second-order valence-corrected chi connectivity index (χ2v) is 16.1. The lowest BCUT2D eigenvalue weighted by molar-refractivity contribution is -0.243. The molecule has 0 radical (unpaired) electrons. The van der Waals surface area contributed by atoms with Gasteiger partial charge < -0.3 is 13.9 Å². The molecule has 246 valence electrons. The van der Waals surface area contributed by atoms with Gasteiger partial charge in [0, 0.05) is 39.5 Å². The quantitative estimate of drug-likeness (QED) is 0.200. The van der Waals surface area contributed by atoms with Crippen LogP contribution in [-0.4, -0.2) is 21.1 Å². The van der Waals surface area contributed by atoms with Gasteiger partial charge in [-0.25, -0.2) is 0 Å². The number of hydrogen-bond acceptors (Lipinski definition) is 2. The Balaban J connectivity index is 1.99. The number of rotatable bonds is 3. The van der Waals surface area contributed by atoms with Crippen molar-refractivity contribution in [3.63, 3.8) is 0 Å². The molecule has 0 bridgehead atoms. The van der Waals surface area contributed by atoms with Gasteiger partial charge in [-0.3, -0.25) is 4.90 Å². The number of aromatic nitrogens is 2. The van der Waals surface area contributed by atoms with Crippen LogP contribution in [0.4, 0.5) is 0 Å². The van der Waals surface area contributed by atoms with Crippen molar-refractivity contribution in [2.75, 3.05) is 7.05 Å². The fraction of sp³-hybridized carbons (Fsp3) is 0.571. The highest BCUT2D eigenvalue weighted by Crippen LogP contribution is 2.59. The van der Waals surface area contributed by atoms with Crippen molar-refractivity contribution in [1.82, 2.24) is 14.0 Å². The summed E-state index contributed by atoms with van der Waals surface area (Å²) in [6.45, 7) is 37.9. The number of aryl methyl sites for hydroxylation is 4. The van der Waals surface area contributed by atoms with E-state index in [4.69, 9.17) is 4.74 Å². The average Bonchev–Trinajstić information content (AvgIpc) is 3.61. The molecule has 5 unspecified atom stereocenters. The molecule has 4 nitrogen and oxygen atoms in total. The number of hydrogen-bond donors (Lipinski definition) is 0. The molecule has 2 aliphatic heterocycles. The van der Waals surface area contributed by atoms with E-state index in [-0.39, 0.29) is 5.92 Å². The van der Waals surface area contributed by atoms with E-state index in [9.17, 15) is 0 Å². The fourth-order valence-electron chi connectivity index (χ4n) is 9.89. The SMILES string of the molecule is CCC1(C)OC(C)(C(C)C(C)C)n2c3c(C)c(C)c(C)c(C)c3c3c4c(c5c6c(C)c(C)c(C)c(C)c6n1c5c32)C(C)N(C)C4C. The van der Waals surface area contributed by atoms with Gasteiger partial charge in [0.1, 0.15) is 11.4 Å². The molecule has 0 saturated heterocycles. The Kier molecular flexibility index (Phi) is 6.65. The minimum atomic E-state index is -0.577. The molecule has 4 heterocycles. The lowest BCUT2D eigenvalue weighted by Gasteiger charge is -2.45. The predicted molar refractivity (Wildman–Crippen MR) is 198 cm³/mol. The van der Waals surface area contributed by atoms with E-state index in [0.29, 0.717) is 18.0 Å². The van der Waals surface area contributed by atoms with Crippen molar-refractivity contribution < 1.29 is 4.74 Å². The lowest BCUT2D eigenvalue weighted by Crippen LogP contribution is -2.48. The van der Waals surface area contributed by atoms with Crippen molar-refractivity contribution in [2.45, 2.75) is 141 Å². The van der Waals surface area contributed by atoms with Gasteiger partial charge in [0.2, 0.25) is 0 Å². The van der Waals surface area contributed by atoms with E-state index >= 15 is 0 Å². The number of benzene rings is 3. The van der Waals surface area contributed by atoms with Gasteiger partial charge in [0.25, 0.3) is 0 Å². The first-order valence-electron chi connectivity index (χ1n) is 17.9. The molecule has 5 atom stereocenters. The summed E-state index contributed by atoms with van der Waals surface area (Å²) < 4.78 is 13.3. The fourth-order valence-corrected chi connectivity index (χ4v) is 9.89. The molecule has 7 rings (SSSR count).